The number of hydrogen-bond acceptors (Lipinski definition) is 3. The summed E-state index contributed by atoms with van der Waals surface area (Å²) in [5, 5.41) is 12.0. The highest BCUT2D eigenvalue weighted by Crippen LogP contribution is 2.31. The largest absolute Gasteiger partial charge is 0.489 e. The predicted molar refractivity (Wildman–Crippen MR) is 80.4 cm³/mol. The first kappa shape index (κ1) is 14.5. The molecule has 3 heteroatoms. The highest BCUT2D eigenvalue weighted by molar-refractivity contribution is 6.03. The molecule has 0 bridgehead atoms. The Morgan fingerprint density at radius 3 is 2.60 bits per heavy atom. The molecule has 106 valence electrons. The monoisotopic (exact) mass is 272 g/mol. The van der Waals surface area contributed by atoms with Crippen LogP contribution in [-0.2, 0) is 0 Å². The Kier molecular flexibility index (Phi) is 4.09. The Balaban J connectivity index is 2.47. The van der Waals surface area contributed by atoms with Crippen LogP contribution in [0.15, 0.2) is 36.4 Å². The number of fused-ring (bicyclic) bond motifs is 1. The zero-order chi connectivity index (χ0) is 14.8. The van der Waals surface area contributed by atoms with Crippen LogP contribution < -0.4 is 4.74 Å². The van der Waals surface area contributed by atoms with Crippen molar-refractivity contribution in [2.24, 2.45) is 0 Å². The summed E-state index contributed by atoms with van der Waals surface area (Å²) in [4.78, 5) is 11.8. The SMILES string of the molecule is CCC(C)(O)COc1c(C(C)=O)ccc2ccccc12. The van der Waals surface area contributed by atoms with E-state index in [2.05, 4.69) is 0 Å². The zero-order valence-corrected chi connectivity index (χ0v) is 12.1. The minimum atomic E-state index is -0.898. The Labute approximate surface area is 119 Å². The molecule has 0 amide bonds. The summed E-state index contributed by atoms with van der Waals surface area (Å²) in [6.07, 6.45) is 0.590. The van der Waals surface area contributed by atoms with Crippen LogP contribution in [0.5, 0.6) is 5.75 Å². The summed E-state index contributed by atoms with van der Waals surface area (Å²) >= 11 is 0. The van der Waals surface area contributed by atoms with Crippen molar-refractivity contribution in [2.75, 3.05) is 6.61 Å². The van der Waals surface area contributed by atoms with E-state index in [0.29, 0.717) is 17.7 Å². The maximum absolute atomic E-state index is 11.8. The molecule has 0 aliphatic heterocycles. The first-order chi connectivity index (χ1) is 9.44. The normalized spacial score (nSPS) is 14.0. The third-order valence-electron chi connectivity index (χ3n) is 3.55. The predicted octanol–water partition coefficient (Wildman–Crippen LogP) is 3.58. The van der Waals surface area contributed by atoms with Gasteiger partial charge in [0.25, 0.3) is 0 Å². The number of ketones is 1. The Morgan fingerprint density at radius 1 is 1.25 bits per heavy atom. The summed E-state index contributed by atoms with van der Waals surface area (Å²) in [5.41, 5.74) is -0.346. The fourth-order valence-corrected chi connectivity index (χ4v) is 2.01. The third kappa shape index (κ3) is 2.99. The molecule has 0 heterocycles. The van der Waals surface area contributed by atoms with Gasteiger partial charge in [0.2, 0.25) is 0 Å². The molecule has 2 aromatic carbocycles. The summed E-state index contributed by atoms with van der Waals surface area (Å²) in [6.45, 7) is 5.32. The van der Waals surface area contributed by atoms with Crippen molar-refractivity contribution in [3.63, 3.8) is 0 Å². The van der Waals surface area contributed by atoms with Crippen LogP contribution in [0, 0.1) is 0 Å². The van der Waals surface area contributed by atoms with Gasteiger partial charge in [-0.05, 0) is 31.7 Å². The van der Waals surface area contributed by atoms with Gasteiger partial charge in [0, 0.05) is 5.39 Å². The van der Waals surface area contributed by atoms with Crippen molar-refractivity contribution in [3.05, 3.63) is 42.0 Å². The number of carbonyl (C=O) groups excluding carboxylic acids is 1. The van der Waals surface area contributed by atoms with E-state index in [1.807, 2.05) is 37.3 Å². The molecule has 0 fully saturated rings. The number of ether oxygens (including phenoxy) is 1. The van der Waals surface area contributed by atoms with Crippen molar-refractivity contribution in [2.45, 2.75) is 32.8 Å². The van der Waals surface area contributed by atoms with Crippen LogP contribution >= 0.6 is 0 Å². The summed E-state index contributed by atoms with van der Waals surface area (Å²) in [5.74, 6) is 0.520. The molecule has 0 aliphatic carbocycles. The molecule has 1 N–H and O–H groups in total. The number of rotatable bonds is 5. The molecule has 0 aliphatic rings. The second-order valence-electron chi connectivity index (χ2n) is 5.36. The quantitative estimate of drug-likeness (QED) is 0.846. The molecule has 0 saturated carbocycles. The Hall–Kier alpha value is -1.87. The fourth-order valence-electron chi connectivity index (χ4n) is 2.01. The van der Waals surface area contributed by atoms with Crippen molar-refractivity contribution in [1.82, 2.24) is 0 Å². The topological polar surface area (TPSA) is 46.5 Å². The lowest BCUT2D eigenvalue weighted by molar-refractivity contribution is 0.00869. The molecule has 0 saturated heterocycles. The summed E-state index contributed by atoms with van der Waals surface area (Å²) < 4.78 is 5.80. The van der Waals surface area contributed by atoms with Gasteiger partial charge in [0.1, 0.15) is 12.4 Å². The number of Topliss-reactive ketones (excluding diaryl/α,β-unsaturated/α-hetero) is 1. The Bertz CT molecular complexity index is 629. The second-order valence-corrected chi connectivity index (χ2v) is 5.36. The van der Waals surface area contributed by atoms with E-state index in [1.54, 1.807) is 13.0 Å². The highest BCUT2D eigenvalue weighted by Gasteiger charge is 2.21. The second kappa shape index (κ2) is 5.63. The van der Waals surface area contributed by atoms with Gasteiger partial charge in [-0.3, -0.25) is 4.79 Å². The van der Waals surface area contributed by atoms with Crippen LogP contribution in [0.1, 0.15) is 37.6 Å². The van der Waals surface area contributed by atoms with Crippen LogP contribution in [-0.4, -0.2) is 23.1 Å². The van der Waals surface area contributed by atoms with Gasteiger partial charge in [0.15, 0.2) is 5.78 Å². The minimum Gasteiger partial charge on any atom is -0.489 e. The maximum atomic E-state index is 11.8. The molecular weight excluding hydrogens is 252 g/mol. The Morgan fingerprint density at radius 2 is 1.95 bits per heavy atom. The van der Waals surface area contributed by atoms with E-state index in [-0.39, 0.29) is 12.4 Å². The number of aliphatic hydroxyl groups is 1. The van der Waals surface area contributed by atoms with Gasteiger partial charge < -0.3 is 9.84 Å². The van der Waals surface area contributed by atoms with E-state index >= 15 is 0 Å². The number of benzene rings is 2. The van der Waals surface area contributed by atoms with Crippen LogP contribution in [0.25, 0.3) is 10.8 Å². The van der Waals surface area contributed by atoms with Crippen molar-refractivity contribution in [3.8, 4) is 5.75 Å². The molecule has 20 heavy (non-hydrogen) atoms. The van der Waals surface area contributed by atoms with Gasteiger partial charge in [-0.2, -0.15) is 0 Å². The third-order valence-corrected chi connectivity index (χ3v) is 3.55. The van der Waals surface area contributed by atoms with E-state index in [9.17, 15) is 9.90 Å². The molecule has 0 radical (unpaired) electrons. The first-order valence-corrected chi connectivity index (χ1v) is 6.82. The molecule has 2 rings (SSSR count). The van der Waals surface area contributed by atoms with Crippen LogP contribution in [0.4, 0.5) is 0 Å². The van der Waals surface area contributed by atoms with Crippen molar-refractivity contribution >= 4 is 16.6 Å². The molecule has 2 aromatic rings. The molecule has 0 spiro atoms. The molecule has 1 unspecified atom stereocenters. The standard InChI is InChI=1S/C17H20O3/c1-4-17(3,19)11-20-16-14(12(2)18)10-9-13-7-5-6-8-15(13)16/h5-10,19H,4,11H2,1-3H3. The lowest BCUT2D eigenvalue weighted by Gasteiger charge is -2.23. The maximum Gasteiger partial charge on any atom is 0.163 e. The van der Waals surface area contributed by atoms with Gasteiger partial charge >= 0.3 is 0 Å². The molecular formula is C17H20O3. The fraction of sp³-hybridized carbons (Fsp3) is 0.353. The van der Waals surface area contributed by atoms with Crippen LogP contribution in [0.2, 0.25) is 0 Å². The number of carbonyl (C=O) groups is 1. The average molecular weight is 272 g/mol. The zero-order valence-electron chi connectivity index (χ0n) is 12.1. The van der Waals surface area contributed by atoms with Crippen molar-refractivity contribution < 1.29 is 14.6 Å². The minimum absolute atomic E-state index is 0.0399. The van der Waals surface area contributed by atoms with E-state index in [1.165, 1.54) is 6.92 Å². The van der Waals surface area contributed by atoms with Crippen LogP contribution in [0.3, 0.4) is 0 Å². The highest BCUT2D eigenvalue weighted by atomic mass is 16.5. The smallest absolute Gasteiger partial charge is 0.163 e. The van der Waals surface area contributed by atoms with Gasteiger partial charge in [-0.15, -0.1) is 0 Å². The first-order valence-electron chi connectivity index (χ1n) is 6.82. The number of hydrogen-bond donors (Lipinski definition) is 1. The molecule has 0 aromatic heterocycles. The average Bonchev–Trinajstić information content (AvgIpc) is 2.44. The van der Waals surface area contributed by atoms with Gasteiger partial charge in [0.05, 0.1) is 11.2 Å². The molecule has 1 atom stereocenters. The lowest BCUT2D eigenvalue weighted by Crippen LogP contribution is -2.31. The van der Waals surface area contributed by atoms with Gasteiger partial charge in [-0.1, -0.05) is 37.3 Å². The van der Waals surface area contributed by atoms with Gasteiger partial charge in [-0.25, -0.2) is 0 Å². The van der Waals surface area contributed by atoms with E-state index in [0.717, 1.165) is 10.8 Å². The van der Waals surface area contributed by atoms with Crippen molar-refractivity contribution in [1.29, 1.82) is 0 Å². The van der Waals surface area contributed by atoms with E-state index in [4.69, 9.17) is 4.74 Å². The summed E-state index contributed by atoms with van der Waals surface area (Å²) in [7, 11) is 0. The lowest BCUT2D eigenvalue weighted by atomic mass is 10.0. The summed E-state index contributed by atoms with van der Waals surface area (Å²) in [6, 6.07) is 11.5. The molecule has 3 nitrogen and oxygen atoms in total. The van der Waals surface area contributed by atoms with E-state index < -0.39 is 5.60 Å².